The molecule has 0 aliphatic carbocycles. The van der Waals surface area contributed by atoms with Gasteiger partial charge in [-0.2, -0.15) is 0 Å². The molecule has 0 spiro atoms. The quantitative estimate of drug-likeness (QED) is 0.811. The standard InChI is InChI=1S/C13H17NO4/c1-3-5-8(4-2)9-6-10(12(15)16)14-11(7-9)13(17)18/h6-8H,3-5H2,1-2H3,(H,15,16)(H,17,18). The molecule has 2 N–H and O–H groups in total. The van der Waals surface area contributed by atoms with Crippen molar-refractivity contribution in [2.45, 2.75) is 39.0 Å². The van der Waals surface area contributed by atoms with Gasteiger partial charge in [0, 0.05) is 0 Å². The molecule has 1 atom stereocenters. The number of hydrogen-bond acceptors (Lipinski definition) is 3. The molecule has 5 heteroatoms. The molecule has 0 fully saturated rings. The number of pyridine rings is 1. The maximum Gasteiger partial charge on any atom is 0.354 e. The van der Waals surface area contributed by atoms with Gasteiger partial charge in [-0.05, 0) is 36.5 Å². The van der Waals surface area contributed by atoms with E-state index in [0.29, 0.717) is 0 Å². The minimum atomic E-state index is -1.20. The van der Waals surface area contributed by atoms with Gasteiger partial charge in [0.1, 0.15) is 11.4 Å². The van der Waals surface area contributed by atoms with Gasteiger partial charge in [0.15, 0.2) is 0 Å². The second kappa shape index (κ2) is 6.14. The first-order chi connectivity index (χ1) is 8.49. The predicted molar refractivity (Wildman–Crippen MR) is 66.1 cm³/mol. The number of aromatic carboxylic acids is 2. The maximum absolute atomic E-state index is 10.9. The van der Waals surface area contributed by atoms with Crippen LogP contribution in [0.3, 0.4) is 0 Å². The van der Waals surface area contributed by atoms with Crippen molar-refractivity contribution in [3.8, 4) is 0 Å². The van der Waals surface area contributed by atoms with Crippen molar-refractivity contribution < 1.29 is 19.8 Å². The predicted octanol–water partition coefficient (Wildman–Crippen LogP) is 2.77. The molecule has 1 aromatic heterocycles. The minimum Gasteiger partial charge on any atom is -0.477 e. The van der Waals surface area contributed by atoms with Crippen molar-refractivity contribution in [2.24, 2.45) is 0 Å². The van der Waals surface area contributed by atoms with E-state index >= 15 is 0 Å². The van der Waals surface area contributed by atoms with Crippen LogP contribution in [0, 0.1) is 0 Å². The van der Waals surface area contributed by atoms with Crippen LogP contribution < -0.4 is 0 Å². The molecular weight excluding hydrogens is 234 g/mol. The highest BCUT2D eigenvalue weighted by atomic mass is 16.4. The number of hydrogen-bond donors (Lipinski definition) is 2. The lowest BCUT2D eigenvalue weighted by Crippen LogP contribution is -2.10. The van der Waals surface area contributed by atoms with Crippen LogP contribution in [0.5, 0.6) is 0 Å². The fourth-order valence-electron chi connectivity index (χ4n) is 1.96. The van der Waals surface area contributed by atoms with E-state index in [-0.39, 0.29) is 17.3 Å². The summed E-state index contributed by atoms with van der Waals surface area (Å²) in [5.41, 5.74) is 0.322. The number of nitrogens with zero attached hydrogens (tertiary/aromatic N) is 1. The summed E-state index contributed by atoms with van der Waals surface area (Å²) in [6, 6.07) is 2.94. The minimum absolute atomic E-state index is 0.175. The number of aromatic nitrogens is 1. The molecule has 1 rings (SSSR count). The molecular formula is C13H17NO4. The molecule has 0 saturated heterocycles. The molecule has 0 radical (unpaired) electrons. The highest BCUT2D eigenvalue weighted by Gasteiger charge is 2.17. The van der Waals surface area contributed by atoms with Crippen LogP contribution in [0.15, 0.2) is 12.1 Å². The lowest BCUT2D eigenvalue weighted by atomic mass is 9.91. The van der Waals surface area contributed by atoms with Crippen LogP contribution >= 0.6 is 0 Å². The average molecular weight is 251 g/mol. The summed E-state index contributed by atoms with van der Waals surface area (Å²) in [6.45, 7) is 4.04. The van der Waals surface area contributed by atoms with E-state index in [9.17, 15) is 9.59 Å². The van der Waals surface area contributed by atoms with Gasteiger partial charge in [0.05, 0.1) is 0 Å². The number of carboxylic acids is 2. The van der Waals surface area contributed by atoms with Crippen molar-refractivity contribution >= 4 is 11.9 Å². The topological polar surface area (TPSA) is 87.5 Å². The van der Waals surface area contributed by atoms with E-state index in [1.165, 1.54) is 12.1 Å². The van der Waals surface area contributed by atoms with Crippen LogP contribution in [0.1, 0.15) is 65.6 Å². The van der Waals surface area contributed by atoms with Gasteiger partial charge >= 0.3 is 11.9 Å². The third-order valence-electron chi connectivity index (χ3n) is 2.89. The van der Waals surface area contributed by atoms with E-state index in [1.54, 1.807) is 0 Å². The molecule has 1 heterocycles. The lowest BCUT2D eigenvalue weighted by molar-refractivity contribution is 0.0684. The summed E-state index contributed by atoms with van der Waals surface area (Å²) >= 11 is 0. The molecule has 0 aliphatic rings. The number of rotatable bonds is 6. The Bertz CT molecular complexity index is 424. The van der Waals surface area contributed by atoms with Gasteiger partial charge in [0.2, 0.25) is 0 Å². The highest BCUT2D eigenvalue weighted by Crippen LogP contribution is 2.25. The molecule has 0 aromatic carbocycles. The highest BCUT2D eigenvalue weighted by molar-refractivity contribution is 5.90. The Morgan fingerprint density at radius 1 is 1.17 bits per heavy atom. The molecule has 0 amide bonds. The molecule has 18 heavy (non-hydrogen) atoms. The molecule has 1 aromatic rings. The van der Waals surface area contributed by atoms with Crippen molar-refractivity contribution in [3.05, 3.63) is 29.1 Å². The van der Waals surface area contributed by atoms with Crippen molar-refractivity contribution in [3.63, 3.8) is 0 Å². The molecule has 98 valence electrons. The molecule has 0 bridgehead atoms. The van der Waals surface area contributed by atoms with Gasteiger partial charge in [-0.1, -0.05) is 20.3 Å². The van der Waals surface area contributed by atoms with Gasteiger partial charge < -0.3 is 10.2 Å². The fourth-order valence-corrected chi connectivity index (χ4v) is 1.96. The fraction of sp³-hybridized carbons (Fsp3) is 0.462. The first kappa shape index (κ1) is 14.2. The Morgan fingerprint density at radius 2 is 1.67 bits per heavy atom. The first-order valence-corrected chi connectivity index (χ1v) is 5.98. The SMILES string of the molecule is CCCC(CC)c1cc(C(=O)O)nc(C(=O)O)c1. The van der Waals surface area contributed by atoms with Crippen molar-refractivity contribution in [1.82, 2.24) is 4.98 Å². The largest absolute Gasteiger partial charge is 0.477 e. The zero-order valence-corrected chi connectivity index (χ0v) is 10.5. The van der Waals surface area contributed by atoms with E-state index in [0.717, 1.165) is 24.8 Å². The maximum atomic E-state index is 10.9. The van der Waals surface area contributed by atoms with E-state index in [4.69, 9.17) is 10.2 Å². The Morgan fingerprint density at radius 3 is 2.00 bits per heavy atom. The molecule has 5 nitrogen and oxygen atoms in total. The number of carbonyl (C=O) groups is 2. The Kier molecular flexibility index (Phi) is 4.83. The van der Waals surface area contributed by atoms with Gasteiger partial charge in [-0.3, -0.25) is 0 Å². The van der Waals surface area contributed by atoms with E-state index < -0.39 is 11.9 Å². The van der Waals surface area contributed by atoms with Crippen LogP contribution in [-0.4, -0.2) is 27.1 Å². The average Bonchev–Trinajstić information content (AvgIpc) is 2.35. The van der Waals surface area contributed by atoms with E-state index in [1.807, 2.05) is 13.8 Å². The summed E-state index contributed by atoms with van der Waals surface area (Å²) in [5.74, 6) is -2.23. The second-order valence-corrected chi connectivity index (χ2v) is 4.18. The summed E-state index contributed by atoms with van der Waals surface area (Å²) < 4.78 is 0. The summed E-state index contributed by atoms with van der Waals surface area (Å²) in [6.07, 6.45) is 2.71. The first-order valence-electron chi connectivity index (χ1n) is 5.98. The summed E-state index contributed by atoms with van der Waals surface area (Å²) in [5, 5.41) is 17.9. The monoisotopic (exact) mass is 251 g/mol. The van der Waals surface area contributed by atoms with E-state index in [2.05, 4.69) is 4.98 Å². The second-order valence-electron chi connectivity index (χ2n) is 4.18. The van der Waals surface area contributed by atoms with Crippen LogP contribution in [0.4, 0.5) is 0 Å². The molecule has 0 aliphatic heterocycles. The van der Waals surface area contributed by atoms with Crippen LogP contribution in [0.2, 0.25) is 0 Å². The normalized spacial score (nSPS) is 12.1. The molecule has 1 unspecified atom stereocenters. The van der Waals surface area contributed by atoms with Crippen LogP contribution in [0.25, 0.3) is 0 Å². The molecule has 0 saturated carbocycles. The summed E-state index contributed by atoms with van der Waals surface area (Å²) in [7, 11) is 0. The lowest BCUT2D eigenvalue weighted by Gasteiger charge is -2.15. The zero-order valence-electron chi connectivity index (χ0n) is 10.5. The number of carboxylic acid groups (broad SMARTS) is 2. The van der Waals surface area contributed by atoms with Gasteiger partial charge in [-0.15, -0.1) is 0 Å². The Labute approximate surface area is 105 Å². The zero-order chi connectivity index (χ0) is 13.7. The van der Waals surface area contributed by atoms with Crippen LogP contribution in [-0.2, 0) is 0 Å². The smallest absolute Gasteiger partial charge is 0.354 e. The Balaban J connectivity index is 3.25. The third kappa shape index (κ3) is 3.29. The van der Waals surface area contributed by atoms with Crippen molar-refractivity contribution in [2.75, 3.05) is 0 Å². The Hall–Kier alpha value is -1.91. The van der Waals surface area contributed by atoms with Gasteiger partial charge in [0.25, 0.3) is 0 Å². The van der Waals surface area contributed by atoms with Crippen molar-refractivity contribution in [1.29, 1.82) is 0 Å². The van der Waals surface area contributed by atoms with Gasteiger partial charge in [-0.25, -0.2) is 14.6 Å². The summed E-state index contributed by atoms with van der Waals surface area (Å²) in [4.78, 5) is 25.5. The third-order valence-corrected chi connectivity index (χ3v) is 2.89.